The fraction of sp³-hybridized carbons (Fsp3) is 0.588. The summed E-state index contributed by atoms with van der Waals surface area (Å²) < 4.78 is 0. The molecule has 0 radical (unpaired) electrons. The van der Waals surface area contributed by atoms with Crippen LogP contribution in [0.4, 0.5) is 0 Å². The van der Waals surface area contributed by atoms with Crippen molar-refractivity contribution in [2.45, 2.75) is 52.4 Å². The van der Waals surface area contributed by atoms with Crippen LogP contribution in [0, 0.1) is 12.8 Å². The van der Waals surface area contributed by atoms with Crippen molar-refractivity contribution in [3.8, 4) is 0 Å². The average Bonchev–Trinajstić information content (AvgIpc) is 2.41. The molecular formula is C17H26O2. The van der Waals surface area contributed by atoms with Gasteiger partial charge in [0.05, 0.1) is 0 Å². The van der Waals surface area contributed by atoms with Crippen LogP contribution >= 0.6 is 0 Å². The molecule has 0 atom stereocenters. The van der Waals surface area contributed by atoms with E-state index in [0.717, 1.165) is 18.6 Å². The zero-order chi connectivity index (χ0) is 14.4. The molecule has 1 aliphatic carbocycles. The number of carbonyl (C=O) groups excluding carboxylic acids is 1. The summed E-state index contributed by atoms with van der Waals surface area (Å²) in [6.45, 7) is 6.12. The van der Waals surface area contributed by atoms with Crippen LogP contribution in [0.5, 0.6) is 0 Å². The number of carbonyl (C=O) groups is 1. The lowest BCUT2D eigenvalue weighted by Crippen LogP contribution is -2.13. The zero-order valence-corrected chi connectivity index (χ0v) is 12.6. The topological polar surface area (TPSA) is 37.3 Å². The highest BCUT2D eigenvalue weighted by Gasteiger charge is 2.22. The Kier molecular flexibility index (Phi) is 6.23. The smallest absolute Gasteiger partial charge is 0.160 e. The molecule has 0 saturated heterocycles. The molecule has 0 aromatic heterocycles. The van der Waals surface area contributed by atoms with Crippen LogP contribution in [-0.2, 0) is 0 Å². The van der Waals surface area contributed by atoms with Crippen molar-refractivity contribution >= 4 is 5.78 Å². The lowest BCUT2D eigenvalue weighted by atomic mass is 9.77. The number of aliphatic hydroxyl groups is 1. The van der Waals surface area contributed by atoms with E-state index in [1.54, 1.807) is 6.92 Å². The highest BCUT2D eigenvalue weighted by molar-refractivity contribution is 5.95. The van der Waals surface area contributed by atoms with Gasteiger partial charge in [0.25, 0.3) is 0 Å². The summed E-state index contributed by atoms with van der Waals surface area (Å²) in [4.78, 5) is 11.7. The molecule has 1 aliphatic rings. The van der Waals surface area contributed by atoms with Gasteiger partial charge in [0.2, 0.25) is 0 Å². The second-order valence-electron chi connectivity index (χ2n) is 5.60. The number of rotatable bonds is 2. The Morgan fingerprint density at radius 1 is 1.16 bits per heavy atom. The summed E-state index contributed by atoms with van der Waals surface area (Å²) in [6, 6.07) is 6.27. The zero-order valence-electron chi connectivity index (χ0n) is 12.6. The predicted octanol–water partition coefficient (Wildman–Crippen LogP) is 4.10. The molecule has 1 N–H and O–H groups in total. The third kappa shape index (κ3) is 4.17. The number of ketones is 1. The van der Waals surface area contributed by atoms with Gasteiger partial charge in [-0.1, -0.05) is 43.5 Å². The van der Waals surface area contributed by atoms with Crippen molar-refractivity contribution in [1.29, 1.82) is 0 Å². The third-order valence-corrected chi connectivity index (χ3v) is 4.04. The minimum Gasteiger partial charge on any atom is -0.400 e. The number of aryl methyl sites for hydroxylation is 1. The molecule has 0 amide bonds. The second kappa shape index (κ2) is 7.44. The maximum absolute atomic E-state index is 11.7. The molecule has 1 aromatic carbocycles. The van der Waals surface area contributed by atoms with E-state index in [-0.39, 0.29) is 5.78 Å². The Bertz CT molecular complexity index is 415. The van der Waals surface area contributed by atoms with Gasteiger partial charge in [-0.2, -0.15) is 0 Å². The van der Waals surface area contributed by atoms with Crippen LogP contribution < -0.4 is 0 Å². The Morgan fingerprint density at radius 2 is 1.74 bits per heavy atom. The minimum absolute atomic E-state index is 0.207. The number of hydrogen-bond donors (Lipinski definition) is 1. The molecule has 2 heteroatoms. The van der Waals surface area contributed by atoms with E-state index in [1.165, 1.54) is 36.8 Å². The molecule has 0 heterocycles. The molecule has 0 unspecified atom stereocenters. The molecule has 0 aliphatic heterocycles. The van der Waals surface area contributed by atoms with Crippen LogP contribution in [0.1, 0.15) is 66.9 Å². The minimum atomic E-state index is 0.207. The summed E-state index contributed by atoms with van der Waals surface area (Å²) in [5, 5.41) is 7.00. The molecule has 2 nitrogen and oxygen atoms in total. The lowest BCUT2D eigenvalue weighted by molar-refractivity contribution is 0.101. The number of hydrogen-bond acceptors (Lipinski definition) is 2. The van der Waals surface area contributed by atoms with Gasteiger partial charge in [-0.3, -0.25) is 4.79 Å². The molecule has 19 heavy (non-hydrogen) atoms. The average molecular weight is 262 g/mol. The number of Topliss-reactive ketones (excluding diaryl/α,β-unsaturated/α-hetero) is 1. The van der Waals surface area contributed by atoms with Crippen LogP contribution in [0.25, 0.3) is 0 Å². The number of aliphatic hydroxyl groups excluding tert-OH is 1. The SMILES string of the molecule is CC(=O)c1ccc(C)cc1C1CCC(C)CC1.CO. The standard InChI is InChI=1S/C16H22O.CH4O/c1-11-4-7-14(8-5-11)16-10-12(2)6-9-15(16)13(3)17;1-2/h6,9-11,14H,4-5,7-8H2,1-3H3;2H,1H3. The van der Waals surface area contributed by atoms with E-state index in [4.69, 9.17) is 5.11 Å². The highest BCUT2D eigenvalue weighted by Crippen LogP contribution is 2.37. The van der Waals surface area contributed by atoms with E-state index in [1.807, 2.05) is 12.1 Å². The summed E-state index contributed by atoms with van der Waals surface area (Å²) in [7, 11) is 1.00. The summed E-state index contributed by atoms with van der Waals surface area (Å²) >= 11 is 0. The van der Waals surface area contributed by atoms with Crippen molar-refractivity contribution in [3.63, 3.8) is 0 Å². The van der Waals surface area contributed by atoms with Crippen molar-refractivity contribution in [3.05, 3.63) is 34.9 Å². The molecular weight excluding hydrogens is 236 g/mol. The van der Waals surface area contributed by atoms with Gasteiger partial charge >= 0.3 is 0 Å². The lowest BCUT2D eigenvalue weighted by Gasteiger charge is -2.28. The van der Waals surface area contributed by atoms with Crippen molar-refractivity contribution < 1.29 is 9.90 Å². The maximum atomic E-state index is 11.7. The molecule has 1 fully saturated rings. The third-order valence-electron chi connectivity index (χ3n) is 4.04. The maximum Gasteiger partial charge on any atom is 0.160 e. The fourth-order valence-corrected chi connectivity index (χ4v) is 2.91. The Labute approximate surface area is 116 Å². The molecule has 2 rings (SSSR count). The molecule has 1 aromatic rings. The van der Waals surface area contributed by atoms with Crippen molar-refractivity contribution in [2.24, 2.45) is 5.92 Å². The summed E-state index contributed by atoms with van der Waals surface area (Å²) in [5.74, 6) is 1.67. The van der Waals surface area contributed by atoms with Gasteiger partial charge in [0.15, 0.2) is 5.78 Å². The van der Waals surface area contributed by atoms with E-state index < -0.39 is 0 Å². The van der Waals surface area contributed by atoms with Crippen molar-refractivity contribution in [2.75, 3.05) is 7.11 Å². The first-order valence-electron chi connectivity index (χ1n) is 7.14. The first kappa shape index (κ1) is 15.9. The first-order chi connectivity index (χ1) is 9.08. The predicted molar refractivity (Wildman–Crippen MR) is 79.7 cm³/mol. The Hall–Kier alpha value is -1.15. The van der Waals surface area contributed by atoms with E-state index in [0.29, 0.717) is 5.92 Å². The summed E-state index contributed by atoms with van der Waals surface area (Å²) in [6.07, 6.45) is 5.09. The van der Waals surface area contributed by atoms with Gasteiger partial charge in [0.1, 0.15) is 0 Å². The van der Waals surface area contributed by atoms with Crippen LogP contribution in [0.15, 0.2) is 18.2 Å². The molecule has 106 valence electrons. The van der Waals surface area contributed by atoms with Gasteiger partial charge in [-0.15, -0.1) is 0 Å². The Morgan fingerprint density at radius 3 is 2.26 bits per heavy atom. The molecule has 0 bridgehead atoms. The largest absolute Gasteiger partial charge is 0.400 e. The van der Waals surface area contributed by atoms with Gasteiger partial charge < -0.3 is 5.11 Å². The van der Waals surface area contributed by atoms with E-state index >= 15 is 0 Å². The van der Waals surface area contributed by atoms with Crippen LogP contribution in [0.3, 0.4) is 0 Å². The molecule has 0 spiro atoms. The van der Waals surface area contributed by atoms with Gasteiger partial charge in [-0.25, -0.2) is 0 Å². The molecule has 1 saturated carbocycles. The van der Waals surface area contributed by atoms with Gasteiger partial charge in [-0.05, 0) is 44.1 Å². The second-order valence-corrected chi connectivity index (χ2v) is 5.60. The summed E-state index contributed by atoms with van der Waals surface area (Å²) in [5.41, 5.74) is 3.50. The van der Waals surface area contributed by atoms with Crippen LogP contribution in [0.2, 0.25) is 0 Å². The fourth-order valence-electron chi connectivity index (χ4n) is 2.91. The van der Waals surface area contributed by atoms with E-state index in [2.05, 4.69) is 19.9 Å². The van der Waals surface area contributed by atoms with Crippen molar-refractivity contribution in [1.82, 2.24) is 0 Å². The quantitative estimate of drug-likeness (QED) is 0.815. The Balaban J connectivity index is 0.000000861. The first-order valence-corrected chi connectivity index (χ1v) is 7.14. The number of benzene rings is 1. The van der Waals surface area contributed by atoms with Crippen LogP contribution in [-0.4, -0.2) is 18.0 Å². The highest BCUT2D eigenvalue weighted by atomic mass is 16.2. The van der Waals surface area contributed by atoms with E-state index in [9.17, 15) is 4.79 Å². The monoisotopic (exact) mass is 262 g/mol. The van der Waals surface area contributed by atoms with Gasteiger partial charge in [0, 0.05) is 12.7 Å². The normalized spacial score (nSPS) is 22.4.